The molecule has 1 aliphatic rings. The number of morpholine rings is 1. The van der Waals surface area contributed by atoms with Crippen LogP contribution in [-0.2, 0) is 17.7 Å². The maximum absolute atomic E-state index is 13.0. The predicted octanol–water partition coefficient (Wildman–Crippen LogP) is 3.23. The fraction of sp³-hybridized carbons (Fsp3) is 0.348. The average molecular weight is 407 g/mol. The number of pyridine rings is 1. The van der Waals surface area contributed by atoms with Crippen molar-refractivity contribution in [3.05, 3.63) is 65.5 Å². The van der Waals surface area contributed by atoms with Gasteiger partial charge in [-0.2, -0.15) is 0 Å². The summed E-state index contributed by atoms with van der Waals surface area (Å²) < 4.78 is 7.47. The number of benzene rings is 1. The number of unbranched alkanes of at least 4 members (excludes halogenated alkanes) is 1. The van der Waals surface area contributed by atoms with E-state index in [2.05, 4.69) is 9.55 Å². The third-order valence-electron chi connectivity index (χ3n) is 5.48. The van der Waals surface area contributed by atoms with Crippen LogP contribution >= 0.6 is 0 Å². The fourth-order valence-corrected chi connectivity index (χ4v) is 3.83. The smallest absolute Gasteiger partial charge is 0.335 e. The van der Waals surface area contributed by atoms with Gasteiger partial charge in [0, 0.05) is 32.0 Å². The van der Waals surface area contributed by atoms with Crippen molar-refractivity contribution in [1.29, 1.82) is 0 Å². The Morgan fingerprint density at radius 2 is 1.83 bits per heavy atom. The van der Waals surface area contributed by atoms with Crippen molar-refractivity contribution in [3.63, 3.8) is 0 Å². The largest absolute Gasteiger partial charge is 0.478 e. The van der Waals surface area contributed by atoms with Gasteiger partial charge in [0.1, 0.15) is 5.52 Å². The lowest BCUT2D eigenvalue weighted by Crippen LogP contribution is -2.40. The molecule has 0 aliphatic carbocycles. The van der Waals surface area contributed by atoms with E-state index in [1.807, 2.05) is 35.4 Å². The third kappa shape index (κ3) is 4.36. The highest BCUT2D eigenvalue weighted by Gasteiger charge is 2.23. The molecule has 0 atom stereocenters. The van der Waals surface area contributed by atoms with Crippen molar-refractivity contribution < 1.29 is 19.4 Å². The van der Waals surface area contributed by atoms with Gasteiger partial charge in [-0.05, 0) is 49.1 Å². The topological polar surface area (TPSA) is 84.7 Å². The molecule has 7 nitrogen and oxygen atoms in total. The summed E-state index contributed by atoms with van der Waals surface area (Å²) in [4.78, 5) is 30.2. The van der Waals surface area contributed by atoms with E-state index in [0.29, 0.717) is 37.4 Å². The minimum absolute atomic E-state index is 0.0132. The third-order valence-corrected chi connectivity index (χ3v) is 5.48. The molecule has 0 spiro atoms. The van der Waals surface area contributed by atoms with E-state index < -0.39 is 5.97 Å². The van der Waals surface area contributed by atoms with Crippen molar-refractivity contribution in [2.75, 3.05) is 26.3 Å². The molecular weight excluding hydrogens is 382 g/mol. The minimum atomic E-state index is -0.905. The summed E-state index contributed by atoms with van der Waals surface area (Å²) in [6.45, 7) is 3.17. The Morgan fingerprint density at radius 3 is 2.57 bits per heavy atom. The summed E-state index contributed by atoms with van der Waals surface area (Å²) in [6, 6.07) is 10.9. The van der Waals surface area contributed by atoms with E-state index in [-0.39, 0.29) is 5.91 Å². The van der Waals surface area contributed by atoms with Crippen LogP contribution in [0, 0.1) is 0 Å². The Balaban J connectivity index is 1.41. The fourth-order valence-electron chi connectivity index (χ4n) is 3.83. The molecule has 7 heteroatoms. The normalized spacial score (nSPS) is 14.2. The van der Waals surface area contributed by atoms with Crippen molar-refractivity contribution >= 4 is 22.9 Å². The van der Waals surface area contributed by atoms with Gasteiger partial charge >= 0.3 is 5.97 Å². The molecule has 0 saturated carbocycles. The summed E-state index contributed by atoms with van der Waals surface area (Å²) in [7, 11) is 0. The van der Waals surface area contributed by atoms with E-state index in [4.69, 9.17) is 9.84 Å². The van der Waals surface area contributed by atoms with Crippen LogP contribution in [0.2, 0.25) is 0 Å². The molecule has 1 aliphatic heterocycles. The van der Waals surface area contributed by atoms with Crippen molar-refractivity contribution in [2.45, 2.75) is 25.8 Å². The van der Waals surface area contributed by atoms with Gasteiger partial charge in [0.15, 0.2) is 0 Å². The first-order chi connectivity index (χ1) is 14.6. The van der Waals surface area contributed by atoms with Gasteiger partial charge in [0.25, 0.3) is 5.91 Å². The van der Waals surface area contributed by atoms with Gasteiger partial charge < -0.3 is 19.3 Å². The summed E-state index contributed by atoms with van der Waals surface area (Å²) in [5.41, 5.74) is 3.81. The van der Waals surface area contributed by atoms with Gasteiger partial charge in [-0.1, -0.05) is 12.1 Å². The number of nitrogens with zero attached hydrogens (tertiary/aromatic N) is 3. The van der Waals surface area contributed by atoms with Gasteiger partial charge in [0.2, 0.25) is 0 Å². The summed E-state index contributed by atoms with van der Waals surface area (Å²) in [5, 5.41) is 8.99. The van der Waals surface area contributed by atoms with Crippen LogP contribution in [0.5, 0.6) is 0 Å². The van der Waals surface area contributed by atoms with E-state index in [1.165, 1.54) is 0 Å². The van der Waals surface area contributed by atoms with Gasteiger partial charge in [0.05, 0.1) is 29.9 Å². The summed E-state index contributed by atoms with van der Waals surface area (Å²) in [5.74, 6) is -0.892. The number of amides is 1. The van der Waals surface area contributed by atoms with Crippen molar-refractivity contribution in [1.82, 2.24) is 14.5 Å². The number of carboxylic acid groups (broad SMARTS) is 1. The number of aromatic nitrogens is 2. The average Bonchev–Trinajstić information content (AvgIpc) is 3.16. The number of aromatic carboxylic acids is 1. The van der Waals surface area contributed by atoms with E-state index in [0.717, 1.165) is 42.4 Å². The number of ether oxygens (including phenoxy) is 1. The number of rotatable bonds is 7. The van der Waals surface area contributed by atoms with Crippen LogP contribution in [0.3, 0.4) is 0 Å². The highest BCUT2D eigenvalue weighted by Crippen LogP contribution is 2.22. The lowest BCUT2D eigenvalue weighted by atomic mass is 10.1. The van der Waals surface area contributed by atoms with Crippen LogP contribution in [0.25, 0.3) is 11.0 Å². The number of carboxylic acids is 1. The maximum Gasteiger partial charge on any atom is 0.335 e. The molecule has 1 N–H and O–H groups in total. The number of carbonyl (C=O) groups is 2. The lowest BCUT2D eigenvalue weighted by Gasteiger charge is -2.26. The first-order valence-corrected chi connectivity index (χ1v) is 10.3. The number of fused-ring (bicyclic) bond motifs is 1. The summed E-state index contributed by atoms with van der Waals surface area (Å²) in [6.07, 6.45) is 6.46. The van der Waals surface area contributed by atoms with E-state index >= 15 is 0 Å². The molecule has 0 radical (unpaired) electrons. The zero-order valence-corrected chi connectivity index (χ0v) is 16.8. The van der Waals surface area contributed by atoms with Gasteiger partial charge in [-0.3, -0.25) is 9.78 Å². The SMILES string of the molecule is O=C(O)c1ccc(CCCCn2cc(C(=O)N3CCOCC3)c3ncccc32)cc1. The van der Waals surface area contributed by atoms with Gasteiger partial charge in [-0.25, -0.2) is 4.79 Å². The molecule has 2 aromatic heterocycles. The molecule has 4 rings (SSSR count). The van der Waals surface area contributed by atoms with Gasteiger partial charge in [-0.15, -0.1) is 0 Å². The molecule has 3 aromatic rings. The zero-order chi connectivity index (χ0) is 20.9. The quantitative estimate of drug-likeness (QED) is 0.608. The molecular formula is C23H25N3O4. The van der Waals surface area contributed by atoms with Crippen LogP contribution in [-0.4, -0.2) is 57.7 Å². The molecule has 1 saturated heterocycles. The summed E-state index contributed by atoms with van der Waals surface area (Å²) >= 11 is 0. The van der Waals surface area contributed by atoms with Crippen LogP contribution in [0.1, 0.15) is 39.1 Å². The number of hydrogen-bond donors (Lipinski definition) is 1. The van der Waals surface area contributed by atoms with Crippen LogP contribution in [0.15, 0.2) is 48.8 Å². The van der Waals surface area contributed by atoms with Crippen LogP contribution in [0.4, 0.5) is 0 Å². The second-order valence-electron chi connectivity index (χ2n) is 7.47. The highest BCUT2D eigenvalue weighted by atomic mass is 16.5. The zero-order valence-electron chi connectivity index (χ0n) is 16.8. The Morgan fingerprint density at radius 1 is 1.07 bits per heavy atom. The molecule has 0 bridgehead atoms. The molecule has 1 fully saturated rings. The number of hydrogen-bond acceptors (Lipinski definition) is 4. The highest BCUT2D eigenvalue weighted by molar-refractivity contribution is 6.05. The Labute approximate surface area is 174 Å². The predicted molar refractivity (Wildman–Crippen MR) is 113 cm³/mol. The van der Waals surface area contributed by atoms with Crippen molar-refractivity contribution in [2.24, 2.45) is 0 Å². The van der Waals surface area contributed by atoms with Crippen molar-refractivity contribution in [3.8, 4) is 0 Å². The first-order valence-electron chi connectivity index (χ1n) is 10.3. The second-order valence-corrected chi connectivity index (χ2v) is 7.47. The van der Waals surface area contributed by atoms with Crippen LogP contribution < -0.4 is 0 Å². The monoisotopic (exact) mass is 407 g/mol. The number of aryl methyl sites for hydroxylation is 2. The second kappa shape index (κ2) is 9.09. The molecule has 156 valence electrons. The standard InChI is InChI=1S/C23H25N3O4/c27-22(25-12-14-30-15-13-25)19-16-26(20-5-3-10-24-21(19)20)11-2-1-4-17-6-8-18(9-7-17)23(28)29/h3,5-10,16H,1-2,4,11-15H2,(H,28,29). The molecule has 3 heterocycles. The Hall–Kier alpha value is -3.19. The number of carbonyl (C=O) groups excluding carboxylic acids is 1. The molecule has 0 unspecified atom stereocenters. The Kier molecular flexibility index (Phi) is 6.09. The minimum Gasteiger partial charge on any atom is -0.478 e. The maximum atomic E-state index is 13.0. The lowest BCUT2D eigenvalue weighted by molar-refractivity contribution is 0.0304. The van der Waals surface area contributed by atoms with E-state index in [9.17, 15) is 9.59 Å². The molecule has 1 aromatic carbocycles. The first kappa shape index (κ1) is 20.1. The van der Waals surface area contributed by atoms with E-state index in [1.54, 1.807) is 18.3 Å². The Bertz CT molecular complexity index is 1040. The molecule has 30 heavy (non-hydrogen) atoms. The molecule has 1 amide bonds.